The number of carboxylic acid groups (broad SMARTS) is 2. The van der Waals surface area contributed by atoms with Crippen LogP contribution in [0.15, 0.2) is 128 Å². The highest BCUT2D eigenvalue weighted by Crippen LogP contribution is 2.29. The molecule has 0 unspecified atom stereocenters. The summed E-state index contributed by atoms with van der Waals surface area (Å²) in [4.78, 5) is 56.8. The van der Waals surface area contributed by atoms with E-state index in [2.05, 4.69) is 20.6 Å². The number of benzene rings is 4. The molecule has 0 aliphatic rings. The van der Waals surface area contributed by atoms with E-state index in [0.29, 0.717) is 21.7 Å². The second-order valence-electron chi connectivity index (χ2n) is 13.6. The number of hydrogen-bond acceptors (Lipinski definition) is 6. The largest absolute Gasteiger partial charge is 0.481 e. The van der Waals surface area contributed by atoms with E-state index in [4.69, 9.17) is 11.6 Å². The highest BCUT2D eigenvalue weighted by Gasteiger charge is 2.22. The van der Waals surface area contributed by atoms with E-state index in [-0.39, 0.29) is 18.7 Å². The van der Waals surface area contributed by atoms with Gasteiger partial charge in [-0.1, -0.05) is 96.5 Å². The lowest BCUT2D eigenvalue weighted by Gasteiger charge is -2.19. The highest BCUT2D eigenvalue weighted by atomic mass is 35.5. The van der Waals surface area contributed by atoms with Crippen molar-refractivity contribution in [1.82, 2.24) is 20.6 Å². The smallest absolute Gasteiger partial charge is 0.305 e. The summed E-state index contributed by atoms with van der Waals surface area (Å²) in [6.07, 6.45) is 5.91. The first-order chi connectivity index (χ1) is 27.3. The number of rotatable bonds is 12. The van der Waals surface area contributed by atoms with Crippen molar-refractivity contribution in [2.24, 2.45) is 0 Å². The average molecular weight is 783 g/mol. The minimum absolute atomic E-state index is 0.194. The quantitative estimate of drug-likeness (QED) is 0.0957. The van der Waals surface area contributed by atoms with Crippen LogP contribution in [0.1, 0.15) is 79.0 Å². The van der Waals surface area contributed by atoms with Gasteiger partial charge in [0, 0.05) is 46.5 Å². The lowest BCUT2D eigenvalue weighted by Crippen LogP contribution is -2.30. The second kappa shape index (κ2) is 19.3. The molecule has 0 radical (unpaired) electrons. The summed E-state index contributed by atoms with van der Waals surface area (Å²) >= 11 is 6.24. The number of carboxylic acids is 2. The van der Waals surface area contributed by atoms with Crippen molar-refractivity contribution in [2.45, 2.75) is 52.6 Å². The molecular weight excluding hydrogens is 740 g/mol. The van der Waals surface area contributed by atoms with Crippen molar-refractivity contribution in [3.05, 3.63) is 177 Å². The Morgan fingerprint density at radius 2 is 0.982 bits per heavy atom. The third kappa shape index (κ3) is 11.0. The monoisotopic (exact) mass is 782 g/mol. The van der Waals surface area contributed by atoms with Crippen molar-refractivity contribution in [1.29, 1.82) is 0 Å². The van der Waals surface area contributed by atoms with Crippen molar-refractivity contribution in [2.75, 3.05) is 0 Å². The molecule has 0 saturated carbocycles. The van der Waals surface area contributed by atoms with Gasteiger partial charge in [0.05, 0.1) is 36.1 Å². The van der Waals surface area contributed by atoms with E-state index >= 15 is 0 Å². The summed E-state index contributed by atoms with van der Waals surface area (Å²) in [5.41, 5.74) is 9.80. The van der Waals surface area contributed by atoms with E-state index in [1.807, 2.05) is 113 Å². The number of amides is 2. The minimum atomic E-state index is -0.989. The van der Waals surface area contributed by atoms with Crippen LogP contribution in [0.4, 0.5) is 0 Å². The Hall–Kier alpha value is -6.65. The van der Waals surface area contributed by atoms with Crippen LogP contribution in [-0.4, -0.2) is 43.9 Å². The maximum Gasteiger partial charge on any atom is 0.305 e. The molecular formula is C46H43ClN4O6. The van der Waals surface area contributed by atoms with Gasteiger partial charge in [0.2, 0.25) is 0 Å². The Balaban J connectivity index is 0.000000218. The molecule has 10 nitrogen and oxygen atoms in total. The number of nitrogens with one attached hydrogen (secondary N) is 2. The number of carbonyl (C=O) groups excluding carboxylic acids is 2. The van der Waals surface area contributed by atoms with Gasteiger partial charge in [-0.3, -0.25) is 29.1 Å². The molecule has 0 spiro atoms. The van der Waals surface area contributed by atoms with E-state index < -0.39 is 29.9 Å². The summed E-state index contributed by atoms with van der Waals surface area (Å²) in [5, 5.41) is 24.8. The molecule has 0 fully saturated rings. The zero-order chi connectivity index (χ0) is 41.1. The van der Waals surface area contributed by atoms with Gasteiger partial charge in [0.15, 0.2) is 0 Å². The molecule has 4 N–H and O–H groups in total. The van der Waals surface area contributed by atoms with Crippen LogP contribution in [0.25, 0.3) is 22.3 Å². The maximum atomic E-state index is 12.9. The summed E-state index contributed by atoms with van der Waals surface area (Å²) in [6, 6.07) is 30.4. The van der Waals surface area contributed by atoms with Crippen LogP contribution in [-0.2, 0) is 9.59 Å². The molecule has 2 atom stereocenters. The van der Waals surface area contributed by atoms with Crippen molar-refractivity contribution in [3.63, 3.8) is 0 Å². The van der Waals surface area contributed by atoms with Crippen molar-refractivity contribution < 1.29 is 29.4 Å². The third-order valence-electron chi connectivity index (χ3n) is 9.60. The van der Waals surface area contributed by atoms with Crippen LogP contribution in [0, 0.1) is 27.7 Å². The maximum absolute atomic E-state index is 12.9. The van der Waals surface area contributed by atoms with Gasteiger partial charge in [-0.2, -0.15) is 0 Å². The fourth-order valence-corrected chi connectivity index (χ4v) is 6.69. The molecule has 2 amide bonds. The van der Waals surface area contributed by atoms with Gasteiger partial charge in [0.25, 0.3) is 11.8 Å². The molecule has 2 aromatic heterocycles. The van der Waals surface area contributed by atoms with E-state index in [1.165, 1.54) is 18.0 Å². The number of nitrogens with zero attached hydrogens (tertiary/aromatic N) is 2. The van der Waals surface area contributed by atoms with Crippen LogP contribution in [0.3, 0.4) is 0 Å². The summed E-state index contributed by atoms with van der Waals surface area (Å²) in [7, 11) is 0. The van der Waals surface area contributed by atoms with Gasteiger partial charge < -0.3 is 20.8 Å². The molecule has 0 saturated heterocycles. The number of hydrogen-bond donors (Lipinski definition) is 4. The zero-order valence-corrected chi connectivity index (χ0v) is 32.7. The zero-order valence-electron chi connectivity index (χ0n) is 32.0. The lowest BCUT2D eigenvalue weighted by molar-refractivity contribution is -0.138. The number of aliphatic carboxylic acids is 2. The molecule has 0 aliphatic heterocycles. The molecule has 11 heteroatoms. The molecule has 6 aromatic rings. The minimum Gasteiger partial charge on any atom is -0.481 e. The van der Waals surface area contributed by atoms with Gasteiger partial charge in [-0.15, -0.1) is 0 Å². The molecule has 57 heavy (non-hydrogen) atoms. The Kier molecular flexibility index (Phi) is 14.0. The average Bonchev–Trinajstić information content (AvgIpc) is 3.19. The number of aryl methyl sites for hydroxylation is 3. The highest BCUT2D eigenvalue weighted by molar-refractivity contribution is 6.33. The number of halogens is 1. The normalized spacial score (nSPS) is 11.7. The summed E-state index contributed by atoms with van der Waals surface area (Å²) in [6.45, 7) is 7.87. The second-order valence-corrected chi connectivity index (χ2v) is 14.0. The number of pyridine rings is 2. The van der Waals surface area contributed by atoms with Gasteiger partial charge in [0.1, 0.15) is 0 Å². The van der Waals surface area contributed by atoms with Crippen LogP contribution < -0.4 is 10.6 Å². The SMILES string of the molecule is Cc1ccccc1[C@H](CC(=O)O)NC(=O)c1cncc(-c2cccc(C)c2C)c1.Cc1ccccc1[C@H](CC(=O)O)NC(=O)c1cncc(-c2ccccc2Cl)c1. The van der Waals surface area contributed by atoms with Crippen LogP contribution in [0.2, 0.25) is 5.02 Å². The first kappa shape index (κ1) is 41.5. The van der Waals surface area contributed by atoms with Crippen LogP contribution >= 0.6 is 11.6 Å². The van der Waals surface area contributed by atoms with E-state index in [9.17, 15) is 29.4 Å². The summed E-state index contributed by atoms with van der Waals surface area (Å²) < 4.78 is 0. The van der Waals surface area contributed by atoms with E-state index in [1.54, 1.807) is 30.6 Å². The first-order valence-corrected chi connectivity index (χ1v) is 18.6. The van der Waals surface area contributed by atoms with Gasteiger partial charge in [-0.25, -0.2) is 0 Å². The fourth-order valence-electron chi connectivity index (χ4n) is 6.45. The van der Waals surface area contributed by atoms with Crippen molar-refractivity contribution in [3.8, 4) is 22.3 Å². The molecule has 0 bridgehead atoms. The topological polar surface area (TPSA) is 159 Å². The molecule has 0 aliphatic carbocycles. The fraction of sp³-hybridized carbons (Fsp3) is 0.174. The predicted octanol–water partition coefficient (Wildman–Crippen LogP) is 9.28. The number of aromatic nitrogens is 2. The molecule has 2 heterocycles. The third-order valence-corrected chi connectivity index (χ3v) is 9.93. The lowest BCUT2D eigenvalue weighted by atomic mass is 9.96. The van der Waals surface area contributed by atoms with Crippen LogP contribution in [0.5, 0.6) is 0 Å². The molecule has 4 aromatic carbocycles. The first-order valence-electron chi connectivity index (χ1n) is 18.2. The van der Waals surface area contributed by atoms with Gasteiger partial charge >= 0.3 is 11.9 Å². The summed E-state index contributed by atoms with van der Waals surface area (Å²) in [5.74, 6) is -2.70. The molecule has 6 rings (SSSR count). The van der Waals surface area contributed by atoms with Crippen molar-refractivity contribution >= 4 is 35.4 Å². The Bertz CT molecular complexity index is 2420. The van der Waals surface area contributed by atoms with Gasteiger partial charge in [-0.05, 0) is 84.8 Å². The number of carbonyl (C=O) groups is 4. The standard InChI is InChI=1S/C24H24N2O3.C22H19ClN2O3/c1-15-8-6-10-21(17(15)3)18-11-19(14-25-13-18)24(29)26-22(12-23(27)28)20-9-5-4-7-16(20)2;1-14-6-2-3-7-17(14)20(11-21(26)27)25-22(28)16-10-15(12-24-13-16)18-8-4-5-9-19(18)23/h4-11,13-14,22H,12H2,1-3H3,(H,26,29)(H,27,28);2-10,12-13,20H,11H2,1H3,(H,25,28)(H,26,27)/t22-;20-/m00/s1. The van der Waals surface area contributed by atoms with E-state index in [0.717, 1.165) is 44.5 Å². The Labute approximate surface area is 336 Å². The Morgan fingerprint density at radius 1 is 0.561 bits per heavy atom. The predicted molar refractivity (Wildman–Crippen MR) is 221 cm³/mol. The molecule has 290 valence electrons. The Morgan fingerprint density at radius 3 is 1.46 bits per heavy atom.